The lowest BCUT2D eigenvalue weighted by Gasteiger charge is -2.18. The third-order valence-electron chi connectivity index (χ3n) is 6.61. The average molecular weight is 539 g/mol. The molecule has 0 atom stereocenters. The van der Waals surface area contributed by atoms with Crippen molar-refractivity contribution in [3.05, 3.63) is 129 Å². The van der Waals surface area contributed by atoms with E-state index in [0.29, 0.717) is 24.3 Å². The zero-order valence-corrected chi connectivity index (χ0v) is 21.7. The third-order valence-corrected chi connectivity index (χ3v) is 6.61. The van der Waals surface area contributed by atoms with Gasteiger partial charge in [0.25, 0.3) is 5.91 Å². The van der Waals surface area contributed by atoms with Gasteiger partial charge in [0, 0.05) is 30.5 Å². The smallest absolute Gasteiger partial charge is 0.337 e. The summed E-state index contributed by atoms with van der Waals surface area (Å²) < 4.78 is 16.9. The standard InChI is InChI=1S/C31H26N2O7/c1-38-31(35)24-11-13-26(28(18-24)40-25-15-21-9-5-6-10-22(21)16-25)32-30(34)23-12-14-27(33(36)37)29(17-23)39-19-20-7-3-2-4-8-20/h2-14,17-18,25H,15-16,19H2,1H3,(H,32,34). The average Bonchev–Trinajstić information content (AvgIpc) is 3.39. The highest BCUT2D eigenvalue weighted by Gasteiger charge is 2.25. The Morgan fingerprint density at radius 2 is 1.52 bits per heavy atom. The number of ether oxygens (including phenoxy) is 3. The minimum atomic E-state index is -0.556. The molecule has 4 aromatic rings. The molecule has 0 unspecified atom stereocenters. The van der Waals surface area contributed by atoms with Crippen molar-refractivity contribution in [1.29, 1.82) is 0 Å². The third kappa shape index (κ3) is 5.94. The Kier molecular flexibility index (Phi) is 7.72. The van der Waals surface area contributed by atoms with Gasteiger partial charge >= 0.3 is 11.7 Å². The minimum absolute atomic E-state index is 0.0252. The maximum absolute atomic E-state index is 13.3. The van der Waals surface area contributed by atoms with Crippen LogP contribution in [0.5, 0.6) is 11.5 Å². The van der Waals surface area contributed by atoms with E-state index in [1.807, 2.05) is 42.5 Å². The van der Waals surface area contributed by atoms with Crippen molar-refractivity contribution in [3.8, 4) is 11.5 Å². The number of fused-ring (bicyclic) bond motifs is 1. The van der Waals surface area contributed by atoms with Crippen LogP contribution in [-0.2, 0) is 24.2 Å². The lowest BCUT2D eigenvalue weighted by Crippen LogP contribution is -2.19. The summed E-state index contributed by atoms with van der Waals surface area (Å²) in [5.41, 5.74) is 3.74. The van der Waals surface area contributed by atoms with E-state index in [2.05, 4.69) is 17.4 Å². The molecule has 0 spiro atoms. The first kappa shape index (κ1) is 26.4. The van der Waals surface area contributed by atoms with Gasteiger partial charge in [0.15, 0.2) is 5.75 Å². The summed E-state index contributed by atoms with van der Waals surface area (Å²) in [4.78, 5) is 36.5. The molecule has 1 amide bonds. The highest BCUT2D eigenvalue weighted by molar-refractivity contribution is 6.06. The summed E-state index contributed by atoms with van der Waals surface area (Å²) in [6.45, 7) is 0.101. The number of benzene rings is 4. The molecule has 5 rings (SSSR count). The number of esters is 1. The Labute approximate surface area is 230 Å². The van der Waals surface area contributed by atoms with Crippen molar-refractivity contribution in [2.75, 3.05) is 12.4 Å². The van der Waals surface area contributed by atoms with Gasteiger partial charge in [-0.15, -0.1) is 0 Å². The molecule has 1 aliphatic rings. The topological polar surface area (TPSA) is 117 Å². The van der Waals surface area contributed by atoms with E-state index in [-0.39, 0.29) is 35.3 Å². The maximum atomic E-state index is 13.3. The fourth-order valence-corrected chi connectivity index (χ4v) is 4.60. The molecule has 0 radical (unpaired) electrons. The highest BCUT2D eigenvalue weighted by Crippen LogP contribution is 2.33. The molecule has 40 heavy (non-hydrogen) atoms. The van der Waals surface area contributed by atoms with Crippen molar-refractivity contribution in [3.63, 3.8) is 0 Å². The first-order valence-corrected chi connectivity index (χ1v) is 12.6. The number of nitrogens with zero attached hydrogens (tertiary/aromatic N) is 1. The predicted octanol–water partition coefficient (Wildman–Crippen LogP) is 5.76. The molecule has 1 N–H and O–H groups in total. The molecule has 0 aromatic heterocycles. The van der Waals surface area contributed by atoms with Crippen LogP contribution >= 0.6 is 0 Å². The van der Waals surface area contributed by atoms with Gasteiger partial charge in [-0.2, -0.15) is 0 Å². The van der Waals surface area contributed by atoms with Gasteiger partial charge in [-0.25, -0.2) is 4.79 Å². The van der Waals surface area contributed by atoms with Gasteiger partial charge < -0.3 is 19.5 Å². The van der Waals surface area contributed by atoms with E-state index in [9.17, 15) is 19.7 Å². The maximum Gasteiger partial charge on any atom is 0.337 e. The van der Waals surface area contributed by atoms with Crippen molar-refractivity contribution in [2.24, 2.45) is 0 Å². The molecule has 0 heterocycles. The van der Waals surface area contributed by atoms with Crippen LogP contribution in [0.1, 0.15) is 37.4 Å². The van der Waals surface area contributed by atoms with Gasteiger partial charge in [-0.1, -0.05) is 54.6 Å². The Bertz CT molecular complexity index is 1540. The van der Waals surface area contributed by atoms with Crippen LogP contribution in [0.2, 0.25) is 0 Å². The van der Waals surface area contributed by atoms with Gasteiger partial charge in [0.2, 0.25) is 0 Å². The van der Waals surface area contributed by atoms with Crippen LogP contribution in [0, 0.1) is 10.1 Å². The zero-order valence-electron chi connectivity index (χ0n) is 21.7. The molecular weight excluding hydrogens is 512 g/mol. The first-order valence-electron chi connectivity index (χ1n) is 12.6. The second-order valence-electron chi connectivity index (χ2n) is 9.29. The molecule has 1 aliphatic carbocycles. The number of rotatable bonds is 9. The molecule has 4 aromatic carbocycles. The highest BCUT2D eigenvalue weighted by atomic mass is 16.6. The Morgan fingerprint density at radius 1 is 0.875 bits per heavy atom. The van der Waals surface area contributed by atoms with Gasteiger partial charge in [0.1, 0.15) is 18.5 Å². The molecule has 0 aliphatic heterocycles. The van der Waals surface area contributed by atoms with Gasteiger partial charge in [-0.05, 0) is 41.0 Å². The van der Waals surface area contributed by atoms with Crippen LogP contribution in [-0.4, -0.2) is 30.0 Å². The van der Waals surface area contributed by atoms with Crippen LogP contribution in [0.4, 0.5) is 11.4 Å². The Hall–Kier alpha value is -5.18. The summed E-state index contributed by atoms with van der Waals surface area (Å²) >= 11 is 0. The fourth-order valence-electron chi connectivity index (χ4n) is 4.60. The Balaban J connectivity index is 1.38. The van der Waals surface area contributed by atoms with Crippen LogP contribution in [0.15, 0.2) is 91.0 Å². The molecule has 0 bridgehead atoms. The van der Waals surface area contributed by atoms with Crippen molar-refractivity contribution in [2.45, 2.75) is 25.6 Å². The van der Waals surface area contributed by atoms with Gasteiger partial charge in [0.05, 0.1) is 23.3 Å². The molecule has 9 nitrogen and oxygen atoms in total. The van der Waals surface area contributed by atoms with E-state index >= 15 is 0 Å². The normalized spacial score (nSPS) is 12.3. The number of nitro benzene ring substituents is 1. The number of hydrogen-bond acceptors (Lipinski definition) is 7. The van der Waals surface area contributed by atoms with Crippen molar-refractivity contribution >= 4 is 23.3 Å². The lowest BCUT2D eigenvalue weighted by atomic mass is 10.1. The largest absolute Gasteiger partial charge is 0.488 e. The van der Waals surface area contributed by atoms with Gasteiger partial charge in [-0.3, -0.25) is 14.9 Å². The summed E-state index contributed by atoms with van der Waals surface area (Å²) in [5.74, 6) is -0.767. The van der Waals surface area contributed by atoms with E-state index < -0.39 is 16.8 Å². The first-order chi connectivity index (χ1) is 19.4. The molecule has 9 heteroatoms. The predicted molar refractivity (Wildman–Crippen MR) is 148 cm³/mol. The number of anilines is 1. The molecule has 0 saturated carbocycles. The number of methoxy groups -OCH3 is 1. The number of hydrogen-bond donors (Lipinski definition) is 1. The quantitative estimate of drug-likeness (QED) is 0.164. The second kappa shape index (κ2) is 11.7. The van der Waals surface area contributed by atoms with Crippen molar-refractivity contribution in [1.82, 2.24) is 0 Å². The van der Waals surface area contributed by atoms with E-state index in [1.165, 1.54) is 48.6 Å². The number of nitrogens with one attached hydrogen (secondary N) is 1. The molecule has 0 saturated heterocycles. The summed E-state index contributed by atoms with van der Waals surface area (Å²) in [5, 5.41) is 14.4. The molecule has 202 valence electrons. The van der Waals surface area contributed by atoms with E-state index in [1.54, 1.807) is 6.07 Å². The summed E-state index contributed by atoms with van der Waals surface area (Å²) in [7, 11) is 1.29. The number of carbonyl (C=O) groups is 2. The second-order valence-corrected chi connectivity index (χ2v) is 9.29. The fraction of sp³-hybridized carbons (Fsp3) is 0.161. The summed E-state index contributed by atoms with van der Waals surface area (Å²) in [6, 6.07) is 25.9. The number of amides is 1. The van der Waals surface area contributed by atoms with Crippen LogP contribution in [0.25, 0.3) is 0 Å². The lowest BCUT2D eigenvalue weighted by molar-refractivity contribution is -0.385. The van der Waals surface area contributed by atoms with Crippen LogP contribution in [0.3, 0.4) is 0 Å². The molecular formula is C31H26N2O7. The van der Waals surface area contributed by atoms with Crippen LogP contribution < -0.4 is 14.8 Å². The van der Waals surface area contributed by atoms with E-state index in [4.69, 9.17) is 14.2 Å². The number of carbonyl (C=O) groups excluding carboxylic acids is 2. The zero-order chi connectivity index (χ0) is 28.1. The summed E-state index contributed by atoms with van der Waals surface area (Å²) in [6.07, 6.45) is 1.20. The minimum Gasteiger partial charge on any atom is -0.488 e. The van der Waals surface area contributed by atoms with E-state index in [0.717, 1.165) is 5.56 Å². The monoisotopic (exact) mass is 538 g/mol. The Morgan fingerprint density at radius 3 is 2.20 bits per heavy atom. The molecule has 0 fully saturated rings. The van der Waals surface area contributed by atoms with Crippen molar-refractivity contribution < 1.29 is 28.7 Å². The number of nitro groups is 1. The SMILES string of the molecule is COC(=O)c1ccc(NC(=O)c2ccc([N+](=O)[O-])c(OCc3ccccc3)c2)c(OC2Cc3ccccc3C2)c1.